The first-order valence-corrected chi connectivity index (χ1v) is 9.60. The van der Waals surface area contributed by atoms with Gasteiger partial charge in [-0.05, 0) is 50.3 Å². The highest BCUT2D eigenvalue weighted by Crippen LogP contribution is 2.36. The predicted molar refractivity (Wildman–Crippen MR) is 99.6 cm³/mol. The van der Waals surface area contributed by atoms with Crippen molar-refractivity contribution in [1.29, 1.82) is 0 Å². The molecule has 3 heterocycles. The van der Waals surface area contributed by atoms with Crippen molar-refractivity contribution >= 4 is 17.2 Å². The van der Waals surface area contributed by atoms with Crippen LogP contribution in [0.4, 0.5) is 0 Å². The molecule has 3 aromatic rings. The second kappa shape index (κ2) is 6.88. The SMILES string of the molecule is Cc1ncc(CCNC(=O)c2c(-n3cccc3)sc3c2CCCC3)[nH]1. The fourth-order valence-electron chi connectivity index (χ4n) is 3.44. The fourth-order valence-corrected chi connectivity index (χ4v) is 4.79. The average molecular weight is 354 g/mol. The van der Waals surface area contributed by atoms with E-state index in [1.165, 1.54) is 23.3 Å². The average Bonchev–Trinajstić information content (AvgIpc) is 3.33. The Bertz CT molecular complexity index is 876. The van der Waals surface area contributed by atoms with E-state index in [1.54, 1.807) is 11.3 Å². The molecule has 0 unspecified atom stereocenters. The van der Waals surface area contributed by atoms with Gasteiger partial charge in [-0.25, -0.2) is 4.98 Å². The summed E-state index contributed by atoms with van der Waals surface area (Å²) < 4.78 is 2.07. The van der Waals surface area contributed by atoms with Crippen LogP contribution in [0.5, 0.6) is 0 Å². The number of nitrogens with zero attached hydrogens (tertiary/aromatic N) is 2. The van der Waals surface area contributed by atoms with Crippen molar-refractivity contribution in [2.75, 3.05) is 6.54 Å². The van der Waals surface area contributed by atoms with E-state index in [4.69, 9.17) is 0 Å². The van der Waals surface area contributed by atoms with Crippen LogP contribution in [0.3, 0.4) is 0 Å². The molecule has 1 aliphatic rings. The molecule has 0 aliphatic heterocycles. The Morgan fingerprint density at radius 2 is 2.12 bits per heavy atom. The lowest BCUT2D eigenvalue weighted by atomic mass is 9.95. The van der Waals surface area contributed by atoms with Gasteiger partial charge in [0.25, 0.3) is 5.91 Å². The number of rotatable bonds is 5. The summed E-state index contributed by atoms with van der Waals surface area (Å²) in [4.78, 5) is 21.7. The van der Waals surface area contributed by atoms with Crippen LogP contribution in [-0.2, 0) is 19.3 Å². The normalized spacial score (nSPS) is 13.6. The quantitative estimate of drug-likeness (QED) is 0.737. The smallest absolute Gasteiger partial charge is 0.254 e. The molecule has 0 bridgehead atoms. The van der Waals surface area contributed by atoms with Crippen molar-refractivity contribution in [3.63, 3.8) is 0 Å². The monoisotopic (exact) mass is 354 g/mol. The van der Waals surface area contributed by atoms with E-state index in [-0.39, 0.29) is 5.91 Å². The molecule has 6 heteroatoms. The second-order valence-electron chi connectivity index (χ2n) is 6.48. The molecular weight excluding hydrogens is 332 g/mol. The molecule has 0 aromatic carbocycles. The summed E-state index contributed by atoms with van der Waals surface area (Å²) in [6.07, 6.45) is 11.1. The first kappa shape index (κ1) is 16.1. The van der Waals surface area contributed by atoms with Crippen LogP contribution < -0.4 is 5.32 Å². The van der Waals surface area contributed by atoms with Gasteiger partial charge in [-0.1, -0.05) is 0 Å². The van der Waals surface area contributed by atoms with Gasteiger partial charge in [0.2, 0.25) is 0 Å². The van der Waals surface area contributed by atoms with Crippen LogP contribution in [0.15, 0.2) is 30.7 Å². The number of aromatic nitrogens is 3. The summed E-state index contributed by atoms with van der Waals surface area (Å²) in [5.41, 5.74) is 3.18. The van der Waals surface area contributed by atoms with E-state index >= 15 is 0 Å². The van der Waals surface area contributed by atoms with Gasteiger partial charge in [0, 0.05) is 42.1 Å². The van der Waals surface area contributed by atoms with Gasteiger partial charge in [-0.2, -0.15) is 0 Å². The number of fused-ring (bicyclic) bond motifs is 1. The van der Waals surface area contributed by atoms with Gasteiger partial charge in [-0.3, -0.25) is 4.79 Å². The molecule has 4 rings (SSSR count). The summed E-state index contributed by atoms with van der Waals surface area (Å²) in [6.45, 7) is 2.54. The highest BCUT2D eigenvalue weighted by atomic mass is 32.1. The van der Waals surface area contributed by atoms with Crippen molar-refractivity contribution in [3.05, 3.63) is 58.2 Å². The number of aryl methyl sites for hydroxylation is 2. The fraction of sp³-hybridized carbons (Fsp3) is 0.368. The number of amides is 1. The Labute approximate surface area is 151 Å². The first-order valence-electron chi connectivity index (χ1n) is 8.79. The number of carbonyl (C=O) groups excluding carboxylic acids is 1. The third kappa shape index (κ3) is 3.26. The highest BCUT2D eigenvalue weighted by molar-refractivity contribution is 7.15. The molecule has 25 heavy (non-hydrogen) atoms. The molecule has 2 N–H and O–H groups in total. The van der Waals surface area contributed by atoms with Crippen LogP contribution in [0.1, 0.15) is 45.2 Å². The minimum atomic E-state index is 0.0411. The van der Waals surface area contributed by atoms with E-state index in [0.29, 0.717) is 6.54 Å². The largest absolute Gasteiger partial charge is 0.352 e. The van der Waals surface area contributed by atoms with Crippen molar-refractivity contribution in [2.45, 2.75) is 39.0 Å². The molecule has 0 spiro atoms. The van der Waals surface area contributed by atoms with Crippen LogP contribution in [0.2, 0.25) is 0 Å². The van der Waals surface area contributed by atoms with E-state index in [0.717, 1.165) is 41.3 Å². The van der Waals surface area contributed by atoms with Gasteiger partial charge in [0.1, 0.15) is 10.8 Å². The van der Waals surface area contributed by atoms with Crippen molar-refractivity contribution < 1.29 is 4.79 Å². The third-order valence-electron chi connectivity index (χ3n) is 4.65. The van der Waals surface area contributed by atoms with Gasteiger partial charge in [-0.15, -0.1) is 11.3 Å². The van der Waals surface area contributed by atoms with E-state index in [1.807, 2.05) is 37.6 Å². The first-order chi connectivity index (χ1) is 12.2. The molecule has 1 amide bonds. The molecule has 3 aromatic heterocycles. The summed E-state index contributed by atoms with van der Waals surface area (Å²) in [7, 11) is 0. The molecule has 0 atom stereocenters. The molecule has 0 saturated heterocycles. The Morgan fingerprint density at radius 3 is 2.88 bits per heavy atom. The molecular formula is C19H22N4OS. The Morgan fingerprint density at radius 1 is 1.32 bits per heavy atom. The molecule has 0 radical (unpaired) electrons. The highest BCUT2D eigenvalue weighted by Gasteiger charge is 2.25. The third-order valence-corrected chi connectivity index (χ3v) is 5.96. The predicted octanol–water partition coefficient (Wildman–Crippen LogP) is 3.42. The maximum absolute atomic E-state index is 12.9. The Hall–Kier alpha value is -2.34. The minimum Gasteiger partial charge on any atom is -0.352 e. The summed E-state index contributed by atoms with van der Waals surface area (Å²) in [5, 5.41) is 4.15. The van der Waals surface area contributed by atoms with Crippen molar-refractivity contribution in [3.8, 4) is 5.00 Å². The zero-order valence-corrected chi connectivity index (χ0v) is 15.2. The number of hydrogen-bond donors (Lipinski definition) is 2. The van der Waals surface area contributed by atoms with Gasteiger partial charge >= 0.3 is 0 Å². The lowest BCUT2D eigenvalue weighted by molar-refractivity contribution is 0.0953. The van der Waals surface area contributed by atoms with E-state index in [9.17, 15) is 4.79 Å². The molecule has 5 nitrogen and oxygen atoms in total. The summed E-state index contributed by atoms with van der Waals surface area (Å²) >= 11 is 1.77. The molecule has 1 aliphatic carbocycles. The van der Waals surface area contributed by atoms with Gasteiger partial charge < -0.3 is 14.9 Å². The maximum atomic E-state index is 12.9. The number of nitrogens with one attached hydrogen (secondary N) is 2. The van der Waals surface area contributed by atoms with E-state index in [2.05, 4.69) is 19.9 Å². The number of carbonyl (C=O) groups is 1. The standard InChI is InChI=1S/C19H22N4OS/c1-13-21-12-14(22-13)8-9-20-18(24)17-15-6-2-3-7-16(15)25-19(17)23-10-4-5-11-23/h4-5,10-12H,2-3,6-9H2,1H3,(H,20,24)(H,21,22). The van der Waals surface area contributed by atoms with Crippen LogP contribution in [0.25, 0.3) is 5.00 Å². The van der Waals surface area contributed by atoms with Gasteiger partial charge in [0.15, 0.2) is 0 Å². The topological polar surface area (TPSA) is 62.7 Å². The Balaban J connectivity index is 1.55. The lowest BCUT2D eigenvalue weighted by Gasteiger charge is -2.13. The lowest BCUT2D eigenvalue weighted by Crippen LogP contribution is -2.27. The van der Waals surface area contributed by atoms with Crippen LogP contribution in [-0.4, -0.2) is 27.0 Å². The minimum absolute atomic E-state index is 0.0411. The van der Waals surface area contributed by atoms with Crippen molar-refractivity contribution in [1.82, 2.24) is 19.9 Å². The zero-order valence-electron chi connectivity index (χ0n) is 14.3. The zero-order chi connectivity index (χ0) is 17.2. The number of hydrogen-bond acceptors (Lipinski definition) is 3. The summed E-state index contributed by atoms with van der Waals surface area (Å²) in [6, 6.07) is 4.00. The van der Waals surface area contributed by atoms with E-state index < -0.39 is 0 Å². The number of aromatic amines is 1. The second-order valence-corrected chi connectivity index (χ2v) is 7.56. The Kier molecular flexibility index (Phi) is 4.44. The van der Waals surface area contributed by atoms with Crippen LogP contribution in [0, 0.1) is 6.92 Å². The summed E-state index contributed by atoms with van der Waals surface area (Å²) in [5.74, 6) is 0.947. The maximum Gasteiger partial charge on any atom is 0.254 e. The molecule has 0 fully saturated rings. The number of thiophene rings is 1. The molecule has 130 valence electrons. The van der Waals surface area contributed by atoms with Gasteiger partial charge in [0.05, 0.1) is 5.56 Å². The van der Waals surface area contributed by atoms with Crippen molar-refractivity contribution in [2.24, 2.45) is 0 Å². The van der Waals surface area contributed by atoms with Crippen LogP contribution >= 0.6 is 11.3 Å². The number of imidazole rings is 1. The number of H-pyrrole nitrogens is 1. The molecule has 0 saturated carbocycles.